The van der Waals surface area contributed by atoms with Gasteiger partial charge in [-0.15, -0.1) is 5.10 Å². The van der Waals surface area contributed by atoms with E-state index in [4.69, 9.17) is 10.8 Å². The number of nitrogens with one attached hydrogen (secondary N) is 2. The number of imidazole rings is 1. The monoisotopic (exact) mass is 436 g/mol. The van der Waals surface area contributed by atoms with Gasteiger partial charge < -0.3 is 16.4 Å². The second kappa shape index (κ2) is 11.1. The van der Waals surface area contributed by atoms with Gasteiger partial charge in [0.2, 0.25) is 0 Å². The Morgan fingerprint density at radius 2 is 2.03 bits per heavy atom. The van der Waals surface area contributed by atoms with E-state index in [0.717, 1.165) is 54.8 Å². The minimum Gasteiger partial charge on any atom is -0.366 e. The molecule has 0 unspecified atom stereocenters. The molecule has 1 aliphatic carbocycles. The smallest absolute Gasteiger partial charge is 0.250 e. The van der Waals surface area contributed by atoms with E-state index < -0.39 is 0 Å². The van der Waals surface area contributed by atoms with Crippen molar-refractivity contribution < 1.29 is 4.79 Å². The van der Waals surface area contributed by atoms with E-state index >= 15 is 0 Å². The fourth-order valence-corrected chi connectivity index (χ4v) is 3.80. The summed E-state index contributed by atoms with van der Waals surface area (Å²) >= 11 is 0. The maximum Gasteiger partial charge on any atom is 0.250 e. The number of nitrogens with two attached hydrogens (primary N) is 1. The van der Waals surface area contributed by atoms with Gasteiger partial charge in [0.25, 0.3) is 5.91 Å². The number of hydrogen-bond donors (Lipinski definition) is 3. The second-order valence-electron chi connectivity index (χ2n) is 8.93. The Balaban J connectivity index is 1.70. The van der Waals surface area contributed by atoms with E-state index in [-0.39, 0.29) is 5.91 Å². The molecule has 2 aromatic heterocycles. The zero-order chi connectivity index (χ0) is 23.1. The number of anilines is 1. The molecule has 0 aliphatic heterocycles. The predicted molar refractivity (Wildman–Crippen MR) is 131 cm³/mol. The first-order chi connectivity index (χ1) is 15.4. The molecule has 0 bridgehead atoms. The van der Waals surface area contributed by atoms with Crippen LogP contribution in [0.1, 0.15) is 58.6 Å². The molecule has 0 aromatic carbocycles. The Bertz CT molecular complexity index is 995. The average Bonchev–Trinajstić information content (AvgIpc) is 3.18. The Hall–Kier alpha value is -2.93. The number of allylic oxidation sites excluding steroid dienone is 3. The van der Waals surface area contributed by atoms with Gasteiger partial charge in [0, 0.05) is 24.2 Å². The lowest BCUT2D eigenvalue weighted by atomic mass is 9.92. The van der Waals surface area contributed by atoms with Crippen LogP contribution in [0.25, 0.3) is 11.2 Å². The van der Waals surface area contributed by atoms with Crippen LogP contribution in [0.2, 0.25) is 0 Å². The number of carbonyl (C=O) groups excluding carboxylic acids is 1. The molecular weight excluding hydrogens is 400 g/mol. The summed E-state index contributed by atoms with van der Waals surface area (Å²) in [6, 6.07) is 4.64. The molecule has 7 nitrogen and oxygen atoms in total. The number of amides is 1. The van der Waals surface area contributed by atoms with E-state index in [0.29, 0.717) is 30.1 Å². The highest BCUT2D eigenvalue weighted by molar-refractivity contribution is 5.96. The van der Waals surface area contributed by atoms with E-state index in [9.17, 15) is 4.79 Å². The van der Waals surface area contributed by atoms with E-state index in [1.54, 1.807) is 12.3 Å². The molecule has 32 heavy (non-hydrogen) atoms. The van der Waals surface area contributed by atoms with Gasteiger partial charge in [0.1, 0.15) is 5.82 Å². The van der Waals surface area contributed by atoms with Crippen LogP contribution in [0, 0.1) is 5.92 Å². The summed E-state index contributed by atoms with van der Waals surface area (Å²) < 4.78 is 1.84. The van der Waals surface area contributed by atoms with Gasteiger partial charge in [-0.05, 0) is 68.7 Å². The van der Waals surface area contributed by atoms with Crippen LogP contribution in [0.5, 0.6) is 0 Å². The molecule has 3 rings (SSSR count). The lowest BCUT2D eigenvalue weighted by Crippen LogP contribution is -2.33. The molecular formula is C25H36N6O. The average molecular weight is 437 g/mol. The molecule has 1 fully saturated rings. The van der Waals surface area contributed by atoms with Gasteiger partial charge in [-0.25, -0.2) is 9.50 Å². The van der Waals surface area contributed by atoms with Crippen molar-refractivity contribution in [1.29, 1.82) is 0 Å². The van der Waals surface area contributed by atoms with Crippen LogP contribution < -0.4 is 16.4 Å². The van der Waals surface area contributed by atoms with Gasteiger partial charge in [0.05, 0.1) is 11.9 Å². The molecule has 2 aromatic rings. The minimum atomic E-state index is -0.146. The molecule has 7 heteroatoms. The number of fused-ring (bicyclic) bond motifs is 1. The van der Waals surface area contributed by atoms with Gasteiger partial charge in [-0.2, -0.15) is 0 Å². The molecule has 172 valence electrons. The summed E-state index contributed by atoms with van der Waals surface area (Å²) in [6.45, 7) is 10.8. The highest BCUT2D eigenvalue weighted by atomic mass is 16.1. The molecule has 1 amide bonds. The zero-order valence-electron chi connectivity index (χ0n) is 19.5. The van der Waals surface area contributed by atoms with Crippen molar-refractivity contribution >= 4 is 22.9 Å². The largest absolute Gasteiger partial charge is 0.366 e. The van der Waals surface area contributed by atoms with Crippen LogP contribution in [-0.4, -0.2) is 39.1 Å². The second-order valence-corrected chi connectivity index (χ2v) is 8.93. The minimum absolute atomic E-state index is 0.146. The fourth-order valence-electron chi connectivity index (χ4n) is 3.80. The van der Waals surface area contributed by atoms with Crippen LogP contribution in [0.15, 0.2) is 48.7 Å². The number of nitrogens with zero attached hydrogens (tertiary/aromatic N) is 3. The molecule has 0 spiro atoms. The van der Waals surface area contributed by atoms with Gasteiger partial charge in [-0.3, -0.25) is 4.79 Å². The maximum absolute atomic E-state index is 12.3. The molecule has 0 radical (unpaired) electrons. The van der Waals surface area contributed by atoms with Gasteiger partial charge >= 0.3 is 0 Å². The standard InChI is InChI=1S/C25H36N6O/c1-5-19(7-6-18(4)25(32)27-15-14-17(2)3)22-16-28-24-13-12-23(30-31(22)24)29-21-10-8-20(26)9-11-21/h5-7,12-13,16-17,20-21H,4,8-11,14-15,26H2,1-3H3,(H,27,32)(H,29,30). The first kappa shape index (κ1) is 23.7. The number of rotatable bonds is 9. The van der Waals surface area contributed by atoms with Crippen molar-refractivity contribution in [1.82, 2.24) is 19.9 Å². The first-order valence-electron chi connectivity index (χ1n) is 11.6. The Kier molecular flexibility index (Phi) is 8.22. The van der Waals surface area contributed by atoms with Crippen LogP contribution in [0.3, 0.4) is 0 Å². The topological polar surface area (TPSA) is 97.3 Å². The molecule has 4 N–H and O–H groups in total. The number of hydrogen-bond acceptors (Lipinski definition) is 5. The summed E-state index contributed by atoms with van der Waals surface area (Å²) in [4.78, 5) is 16.7. The third-order valence-electron chi connectivity index (χ3n) is 5.86. The summed E-state index contributed by atoms with van der Waals surface area (Å²) in [5.74, 6) is 1.23. The molecule has 0 atom stereocenters. The van der Waals surface area contributed by atoms with Crippen molar-refractivity contribution in [3.05, 3.63) is 54.4 Å². The molecule has 1 aliphatic rings. The summed E-state index contributed by atoms with van der Waals surface area (Å²) in [5, 5.41) is 11.2. The summed E-state index contributed by atoms with van der Waals surface area (Å²) in [7, 11) is 0. The van der Waals surface area contributed by atoms with Crippen LogP contribution in [-0.2, 0) is 4.79 Å². The van der Waals surface area contributed by atoms with E-state index in [1.165, 1.54) is 0 Å². The van der Waals surface area contributed by atoms with E-state index in [2.05, 4.69) is 36.0 Å². The Labute approximate surface area is 190 Å². The Morgan fingerprint density at radius 1 is 1.28 bits per heavy atom. The van der Waals surface area contributed by atoms with E-state index in [1.807, 2.05) is 35.7 Å². The van der Waals surface area contributed by atoms with Crippen molar-refractivity contribution in [2.75, 3.05) is 11.9 Å². The third kappa shape index (κ3) is 6.29. The molecule has 2 heterocycles. The number of carbonyl (C=O) groups is 1. The first-order valence-corrected chi connectivity index (χ1v) is 11.6. The highest BCUT2D eigenvalue weighted by Gasteiger charge is 2.19. The molecule has 0 saturated heterocycles. The van der Waals surface area contributed by atoms with Gasteiger partial charge in [0.15, 0.2) is 5.65 Å². The fraction of sp³-hybridized carbons (Fsp3) is 0.480. The maximum atomic E-state index is 12.3. The highest BCUT2D eigenvalue weighted by Crippen LogP contribution is 2.22. The zero-order valence-corrected chi connectivity index (χ0v) is 19.5. The van der Waals surface area contributed by atoms with Gasteiger partial charge in [-0.1, -0.05) is 32.6 Å². The molecule has 1 saturated carbocycles. The summed E-state index contributed by atoms with van der Waals surface area (Å²) in [6.07, 6.45) is 12.6. The quantitative estimate of drug-likeness (QED) is 0.406. The van der Waals surface area contributed by atoms with Crippen LogP contribution in [0.4, 0.5) is 5.82 Å². The summed E-state index contributed by atoms with van der Waals surface area (Å²) in [5.41, 5.74) is 9.00. The van der Waals surface area contributed by atoms with Crippen molar-refractivity contribution in [2.24, 2.45) is 11.7 Å². The lowest BCUT2D eigenvalue weighted by Gasteiger charge is -2.27. The van der Waals surface area contributed by atoms with Crippen molar-refractivity contribution in [3.8, 4) is 0 Å². The normalized spacial score (nSPS) is 19.6. The lowest BCUT2D eigenvalue weighted by molar-refractivity contribution is -0.117. The van der Waals surface area contributed by atoms with Crippen LogP contribution >= 0.6 is 0 Å². The predicted octanol–water partition coefficient (Wildman–Crippen LogP) is 4.09. The van der Waals surface area contributed by atoms with Crippen molar-refractivity contribution in [3.63, 3.8) is 0 Å². The van der Waals surface area contributed by atoms with Crippen molar-refractivity contribution in [2.45, 2.75) is 65.0 Å². The number of aromatic nitrogens is 3. The third-order valence-corrected chi connectivity index (χ3v) is 5.86. The SMILES string of the molecule is C=C(C=CC(=CC)c1cnc2ccc(NC3CCC(N)CC3)nn12)C(=O)NCCC(C)C. The Morgan fingerprint density at radius 3 is 2.72 bits per heavy atom.